The van der Waals surface area contributed by atoms with E-state index in [2.05, 4.69) is 27.6 Å². The maximum atomic E-state index is 12.2. The van der Waals surface area contributed by atoms with Crippen LogP contribution in [0.15, 0.2) is 35.1 Å². The quantitative estimate of drug-likeness (QED) is 0.768. The second kappa shape index (κ2) is 6.12. The van der Waals surface area contributed by atoms with Crippen LogP contribution in [0.2, 0.25) is 0 Å². The molecular formula is C19H19N3O3. The van der Waals surface area contributed by atoms with Gasteiger partial charge >= 0.3 is 0 Å². The lowest BCUT2D eigenvalue weighted by Crippen LogP contribution is -2.12. The van der Waals surface area contributed by atoms with Crippen LogP contribution in [-0.4, -0.2) is 31.0 Å². The number of anilines is 1. The summed E-state index contributed by atoms with van der Waals surface area (Å²) in [6.45, 7) is 0.973. The van der Waals surface area contributed by atoms with Crippen LogP contribution in [0.25, 0.3) is 22.0 Å². The number of hydrogen-bond acceptors (Lipinski definition) is 5. The zero-order valence-corrected chi connectivity index (χ0v) is 14.2. The zero-order valence-electron chi connectivity index (χ0n) is 14.2. The minimum absolute atomic E-state index is 0.254. The first kappa shape index (κ1) is 15.5. The fourth-order valence-corrected chi connectivity index (χ4v) is 3.32. The number of aryl methyl sites for hydroxylation is 1. The largest absolute Gasteiger partial charge is 0.493 e. The normalized spacial score (nSPS) is 13.2. The molecule has 6 heteroatoms. The molecule has 1 aliphatic heterocycles. The van der Waals surface area contributed by atoms with Crippen LogP contribution in [0, 0.1) is 0 Å². The van der Waals surface area contributed by atoms with Crippen molar-refractivity contribution >= 4 is 16.5 Å². The van der Waals surface area contributed by atoms with E-state index < -0.39 is 0 Å². The molecule has 1 aromatic heterocycles. The molecule has 0 aliphatic carbocycles. The van der Waals surface area contributed by atoms with Gasteiger partial charge in [0.05, 0.1) is 25.3 Å². The Hall–Kier alpha value is -3.02. The number of H-pyrrole nitrogens is 1. The molecule has 1 aliphatic rings. The summed E-state index contributed by atoms with van der Waals surface area (Å²) in [5.41, 5.74) is 3.84. The average molecular weight is 337 g/mol. The molecule has 2 N–H and O–H groups in total. The number of hydrogen-bond donors (Lipinski definition) is 2. The first-order valence-electron chi connectivity index (χ1n) is 8.23. The Balaban J connectivity index is 1.96. The SMILES string of the molecule is COc1cc2c(-c3ccc4c(c3)NCCC4)n[nH]c(=O)c2cc1OC. The molecule has 0 spiro atoms. The third-order valence-corrected chi connectivity index (χ3v) is 4.61. The van der Waals surface area contributed by atoms with E-state index in [1.807, 2.05) is 6.07 Å². The molecule has 0 saturated carbocycles. The van der Waals surface area contributed by atoms with Crippen molar-refractivity contribution in [1.29, 1.82) is 0 Å². The van der Waals surface area contributed by atoms with Crippen molar-refractivity contribution in [2.75, 3.05) is 26.1 Å². The summed E-state index contributed by atoms with van der Waals surface area (Å²) in [5, 5.41) is 11.6. The maximum absolute atomic E-state index is 12.2. The summed E-state index contributed by atoms with van der Waals surface area (Å²) in [4.78, 5) is 12.2. The Labute approximate surface area is 144 Å². The van der Waals surface area contributed by atoms with E-state index in [0.29, 0.717) is 22.6 Å². The molecule has 3 aromatic rings. The molecule has 0 amide bonds. The highest BCUT2D eigenvalue weighted by Gasteiger charge is 2.16. The van der Waals surface area contributed by atoms with Crippen LogP contribution in [0.3, 0.4) is 0 Å². The summed E-state index contributed by atoms with van der Waals surface area (Å²) in [6, 6.07) is 9.75. The van der Waals surface area contributed by atoms with Gasteiger partial charge in [-0.05, 0) is 36.6 Å². The molecule has 0 radical (unpaired) electrons. The second-order valence-electron chi connectivity index (χ2n) is 6.06. The average Bonchev–Trinajstić information content (AvgIpc) is 2.67. The lowest BCUT2D eigenvalue weighted by Gasteiger charge is -2.19. The third-order valence-electron chi connectivity index (χ3n) is 4.61. The van der Waals surface area contributed by atoms with Crippen LogP contribution < -0.4 is 20.3 Å². The maximum Gasteiger partial charge on any atom is 0.272 e. The molecule has 0 atom stereocenters. The number of nitrogens with one attached hydrogen (secondary N) is 2. The van der Waals surface area contributed by atoms with Crippen molar-refractivity contribution in [2.45, 2.75) is 12.8 Å². The lowest BCUT2D eigenvalue weighted by atomic mass is 9.98. The van der Waals surface area contributed by atoms with E-state index in [4.69, 9.17) is 9.47 Å². The van der Waals surface area contributed by atoms with Crippen LogP contribution >= 0.6 is 0 Å². The minimum Gasteiger partial charge on any atom is -0.493 e. The summed E-state index contributed by atoms with van der Waals surface area (Å²) >= 11 is 0. The van der Waals surface area contributed by atoms with Crippen molar-refractivity contribution in [3.63, 3.8) is 0 Å². The van der Waals surface area contributed by atoms with Gasteiger partial charge in [0, 0.05) is 23.2 Å². The Morgan fingerprint density at radius 1 is 1.04 bits per heavy atom. The highest BCUT2D eigenvalue weighted by Crippen LogP contribution is 2.36. The van der Waals surface area contributed by atoms with E-state index >= 15 is 0 Å². The number of fused-ring (bicyclic) bond motifs is 2. The molecule has 0 bridgehead atoms. The Morgan fingerprint density at radius 2 is 1.80 bits per heavy atom. The van der Waals surface area contributed by atoms with Crippen molar-refractivity contribution in [2.24, 2.45) is 0 Å². The third kappa shape index (κ3) is 2.59. The van der Waals surface area contributed by atoms with E-state index in [0.717, 1.165) is 36.0 Å². The second-order valence-corrected chi connectivity index (χ2v) is 6.06. The van der Waals surface area contributed by atoms with Crippen LogP contribution in [0.5, 0.6) is 11.5 Å². The van der Waals surface area contributed by atoms with Crippen molar-refractivity contribution in [3.05, 3.63) is 46.2 Å². The van der Waals surface area contributed by atoms with E-state index in [-0.39, 0.29) is 5.56 Å². The molecule has 0 saturated heterocycles. The summed E-state index contributed by atoms with van der Waals surface area (Å²) < 4.78 is 10.7. The molecule has 2 aromatic carbocycles. The van der Waals surface area contributed by atoms with Crippen LogP contribution in [-0.2, 0) is 6.42 Å². The molecule has 2 heterocycles. The standard InChI is InChI=1S/C19H19N3O3/c1-24-16-9-13-14(10-17(16)25-2)19(23)22-21-18(13)12-6-5-11-4-3-7-20-15(11)8-12/h5-6,8-10,20H,3-4,7H2,1-2H3,(H,22,23). The van der Waals surface area contributed by atoms with Crippen molar-refractivity contribution in [1.82, 2.24) is 10.2 Å². The van der Waals surface area contributed by atoms with Gasteiger partial charge in [-0.15, -0.1) is 0 Å². The summed E-state index contributed by atoms with van der Waals surface area (Å²) in [5.74, 6) is 1.09. The molecule has 25 heavy (non-hydrogen) atoms. The van der Waals surface area contributed by atoms with Crippen molar-refractivity contribution < 1.29 is 9.47 Å². The number of methoxy groups -OCH3 is 2. The van der Waals surface area contributed by atoms with E-state index in [9.17, 15) is 4.79 Å². The van der Waals surface area contributed by atoms with Crippen LogP contribution in [0.1, 0.15) is 12.0 Å². The van der Waals surface area contributed by atoms with E-state index in [1.54, 1.807) is 26.4 Å². The van der Waals surface area contributed by atoms with Gasteiger partial charge < -0.3 is 14.8 Å². The fourth-order valence-electron chi connectivity index (χ4n) is 3.32. The first-order chi connectivity index (χ1) is 12.2. The number of aromatic nitrogens is 2. The highest BCUT2D eigenvalue weighted by atomic mass is 16.5. The first-order valence-corrected chi connectivity index (χ1v) is 8.23. The predicted molar refractivity (Wildman–Crippen MR) is 97.7 cm³/mol. The van der Waals surface area contributed by atoms with Gasteiger partial charge in [-0.2, -0.15) is 5.10 Å². The van der Waals surface area contributed by atoms with Gasteiger partial charge in [0.25, 0.3) is 5.56 Å². The number of nitrogens with zero attached hydrogens (tertiary/aromatic N) is 1. The highest BCUT2D eigenvalue weighted by molar-refractivity contribution is 5.96. The van der Waals surface area contributed by atoms with Gasteiger partial charge in [0.1, 0.15) is 0 Å². The van der Waals surface area contributed by atoms with E-state index in [1.165, 1.54) is 5.56 Å². The van der Waals surface area contributed by atoms with Gasteiger partial charge in [-0.3, -0.25) is 4.79 Å². The van der Waals surface area contributed by atoms with Gasteiger partial charge in [0.2, 0.25) is 0 Å². The molecule has 6 nitrogen and oxygen atoms in total. The molecule has 128 valence electrons. The number of aromatic amines is 1. The monoisotopic (exact) mass is 337 g/mol. The topological polar surface area (TPSA) is 76.2 Å². The number of ether oxygens (including phenoxy) is 2. The number of benzene rings is 2. The smallest absolute Gasteiger partial charge is 0.272 e. The van der Waals surface area contributed by atoms with Crippen LogP contribution in [0.4, 0.5) is 5.69 Å². The molecular weight excluding hydrogens is 318 g/mol. The van der Waals surface area contributed by atoms with Gasteiger partial charge in [0.15, 0.2) is 11.5 Å². The lowest BCUT2D eigenvalue weighted by molar-refractivity contribution is 0.356. The minimum atomic E-state index is -0.254. The zero-order chi connectivity index (χ0) is 17.4. The summed E-state index contributed by atoms with van der Waals surface area (Å²) in [6.07, 6.45) is 2.22. The predicted octanol–water partition coefficient (Wildman–Crippen LogP) is 2.97. The Bertz CT molecular complexity index is 1010. The fraction of sp³-hybridized carbons (Fsp3) is 0.263. The summed E-state index contributed by atoms with van der Waals surface area (Å²) in [7, 11) is 3.13. The molecule has 0 unspecified atom stereocenters. The number of rotatable bonds is 3. The molecule has 0 fully saturated rings. The van der Waals surface area contributed by atoms with Gasteiger partial charge in [-0.25, -0.2) is 5.10 Å². The van der Waals surface area contributed by atoms with Crippen molar-refractivity contribution in [3.8, 4) is 22.8 Å². The van der Waals surface area contributed by atoms with Gasteiger partial charge in [-0.1, -0.05) is 12.1 Å². The Kier molecular flexibility index (Phi) is 3.80. The molecule has 4 rings (SSSR count). The Morgan fingerprint density at radius 3 is 2.56 bits per heavy atom.